The lowest BCUT2D eigenvalue weighted by Crippen LogP contribution is -2.48. The van der Waals surface area contributed by atoms with Crippen LogP contribution in [0.4, 0.5) is 0 Å². The van der Waals surface area contributed by atoms with Gasteiger partial charge in [0.2, 0.25) is 0 Å². The van der Waals surface area contributed by atoms with Crippen molar-refractivity contribution in [1.29, 1.82) is 0 Å². The van der Waals surface area contributed by atoms with Gasteiger partial charge in [0.1, 0.15) is 0 Å². The van der Waals surface area contributed by atoms with Crippen LogP contribution in [0.5, 0.6) is 0 Å². The molecule has 0 aromatic heterocycles. The second-order valence-corrected chi connectivity index (χ2v) is 10.8. The molecule has 0 aromatic carbocycles. The van der Waals surface area contributed by atoms with Crippen LogP contribution >= 0.6 is 0 Å². The zero-order chi connectivity index (χ0) is 25.9. The van der Waals surface area contributed by atoms with Crippen LogP contribution < -0.4 is 5.73 Å². The second-order valence-electron chi connectivity index (χ2n) is 10.8. The summed E-state index contributed by atoms with van der Waals surface area (Å²) < 4.78 is 12.0. The average Bonchev–Trinajstić information content (AvgIpc) is 2.84. The largest absolute Gasteiger partial charge is 0.380 e. The van der Waals surface area contributed by atoms with Crippen LogP contribution in [0, 0.1) is 0 Å². The topological polar surface area (TPSA) is 44.5 Å². The fourth-order valence-electron chi connectivity index (χ4n) is 4.10. The van der Waals surface area contributed by atoms with Gasteiger partial charge >= 0.3 is 0 Å². The SMILES string of the molecule is CCCCC/C=C\C/C=C\CCCCCCCCOCC(N)C(C)(C)OCCCCCCCCC. The molecule has 35 heavy (non-hydrogen) atoms. The highest BCUT2D eigenvalue weighted by Gasteiger charge is 2.27. The Bertz CT molecular complexity index is 472. The van der Waals surface area contributed by atoms with E-state index in [4.69, 9.17) is 15.2 Å². The molecule has 0 spiro atoms. The molecule has 0 saturated carbocycles. The van der Waals surface area contributed by atoms with E-state index in [1.54, 1.807) is 0 Å². The highest BCUT2D eigenvalue weighted by molar-refractivity contribution is 4.92. The van der Waals surface area contributed by atoms with Gasteiger partial charge in [-0.25, -0.2) is 0 Å². The Hall–Kier alpha value is -0.640. The Kier molecular flexibility index (Phi) is 25.9. The molecule has 0 saturated heterocycles. The van der Waals surface area contributed by atoms with Gasteiger partial charge in [0, 0.05) is 13.2 Å². The van der Waals surface area contributed by atoms with Crippen LogP contribution in [0.2, 0.25) is 0 Å². The quantitative estimate of drug-likeness (QED) is 0.0914. The van der Waals surface area contributed by atoms with E-state index < -0.39 is 0 Å². The number of hydrogen-bond donors (Lipinski definition) is 1. The molecule has 3 nitrogen and oxygen atoms in total. The van der Waals surface area contributed by atoms with Crippen molar-refractivity contribution in [3.8, 4) is 0 Å². The molecular weight excluding hydrogens is 430 g/mol. The smallest absolute Gasteiger partial charge is 0.0799 e. The normalized spacial score (nSPS) is 13.4. The molecule has 3 heteroatoms. The first-order valence-electron chi connectivity index (χ1n) is 15.3. The summed E-state index contributed by atoms with van der Waals surface area (Å²) >= 11 is 0. The van der Waals surface area contributed by atoms with Gasteiger partial charge in [-0.2, -0.15) is 0 Å². The summed E-state index contributed by atoms with van der Waals surface area (Å²) in [5, 5.41) is 0. The second kappa shape index (κ2) is 26.4. The average molecular weight is 494 g/mol. The first kappa shape index (κ1) is 34.4. The minimum atomic E-state index is -0.318. The lowest BCUT2D eigenvalue weighted by Gasteiger charge is -2.31. The number of ether oxygens (including phenoxy) is 2. The summed E-state index contributed by atoms with van der Waals surface area (Å²) in [6.45, 7) is 10.9. The van der Waals surface area contributed by atoms with Crippen LogP contribution in [-0.2, 0) is 9.47 Å². The first-order chi connectivity index (χ1) is 17.0. The highest BCUT2D eigenvalue weighted by Crippen LogP contribution is 2.16. The van der Waals surface area contributed by atoms with Crippen molar-refractivity contribution in [1.82, 2.24) is 0 Å². The third-order valence-corrected chi connectivity index (χ3v) is 6.90. The van der Waals surface area contributed by atoms with Crippen molar-refractivity contribution < 1.29 is 9.47 Å². The van der Waals surface area contributed by atoms with Gasteiger partial charge in [-0.3, -0.25) is 0 Å². The van der Waals surface area contributed by atoms with Crippen molar-refractivity contribution in [2.24, 2.45) is 5.73 Å². The van der Waals surface area contributed by atoms with Gasteiger partial charge in [-0.05, 0) is 58.8 Å². The summed E-state index contributed by atoms with van der Waals surface area (Å²) in [4.78, 5) is 0. The maximum Gasteiger partial charge on any atom is 0.0799 e. The van der Waals surface area contributed by atoms with Crippen LogP contribution in [0.15, 0.2) is 24.3 Å². The molecular formula is C32H63NO2. The molecule has 0 aromatic rings. The van der Waals surface area contributed by atoms with Crippen LogP contribution in [-0.4, -0.2) is 31.5 Å². The van der Waals surface area contributed by atoms with Gasteiger partial charge in [-0.15, -0.1) is 0 Å². The number of nitrogens with two attached hydrogens (primary N) is 1. The van der Waals surface area contributed by atoms with E-state index in [9.17, 15) is 0 Å². The van der Waals surface area contributed by atoms with Crippen LogP contribution in [0.1, 0.15) is 150 Å². The van der Waals surface area contributed by atoms with E-state index in [1.807, 2.05) is 0 Å². The number of allylic oxidation sites excluding steroid dienone is 4. The lowest BCUT2D eigenvalue weighted by atomic mass is 10.00. The fraction of sp³-hybridized carbons (Fsp3) is 0.875. The predicted octanol–water partition coefficient (Wildman–Crippen LogP) is 9.69. The van der Waals surface area contributed by atoms with E-state index in [2.05, 4.69) is 52.0 Å². The zero-order valence-corrected chi connectivity index (χ0v) is 24.3. The number of hydrogen-bond acceptors (Lipinski definition) is 3. The molecule has 0 fully saturated rings. The summed E-state index contributed by atoms with van der Waals surface area (Å²) in [5.74, 6) is 0. The number of rotatable bonds is 27. The van der Waals surface area contributed by atoms with Gasteiger partial charge in [-0.1, -0.05) is 115 Å². The van der Waals surface area contributed by atoms with Crippen molar-refractivity contribution in [2.75, 3.05) is 19.8 Å². The molecule has 0 aliphatic rings. The standard InChI is InChI=1S/C32H63NO2/c1-5-7-9-11-13-14-15-16-17-18-19-20-21-23-24-26-28-34-30-31(33)32(3,4)35-29-27-25-22-12-10-8-6-2/h13-14,16-17,31H,5-12,15,18-30,33H2,1-4H3/b14-13-,17-16-. The molecule has 0 bridgehead atoms. The van der Waals surface area contributed by atoms with E-state index >= 15 is 0 Å². The molecule has 1 unspecified atom stereocenters. The summed E-state index contributed by atoms with van der Waals surface area (Å²) in [7, 11) is 0. The van der Waals surface area contributed by atoms with Gasteiger partial charge < -0.3 is 15.2 Å². The summed E-state index contributed by atoms with van der Waals surface area (Å²) in [5.41, 5.74) is 6.04. The molecule has 208 valence electrons. The molecule has 0 radical (unpaired) electrons. The van der Waals surface area contributed by atoms with Crippen molar-refractivity contribution in [3.05, 3.63) is 24.3 Å². The van der Waals surface area contributed by atoms with Crippen molar-refractivity contribution in [3.63, 3.8) is 0 Å². The Morgan fingerprint density at radius 1 is 0.600 bits per heavy atom. The third-order valence-electron chi connectivity index (χ3n) is 6.90. The predicted molar refractivity (Wildman–Crippen MR) is 156 cm³/mol. The lowest BCUT2D eigenvalue weighted by molar-refractivity contribution is -0.0566. The molecule has 2 N–H and O–H groups in total. The number of unbranched alkanes of at least 4 members (excludes halogenated alkanes) is 15. The van der Waals surface area contributed by atoms with Crippen LogP contribution in [0.3, 0.4) is 0 Å². The molecule has 0 heterocycles. The molecule has 0 aliphatic carbocycles. The summed E-state index contributed by atoms with van der Waals surface area (Å²) in [6.07, 6.45) is 33.7. The molecule has 1 atom stereocenters. The first-order valence-corrected chi connectivity index (χ1v) is 15.3. The highest BCUT2D eigenvalue weighted by atomic mass is 16.5. The zero-order valence-electron chi connectivity index (χ0n) is 24.3. The van der Waals surface area contributed by atoms with E-state index in [0.29, 0.717) is 6.61 Å². The maximum absolute atomic E-state index is 6.36. The van der Waals surface area contributed by atoms with Gasteiger partial charge in [0.15, 0.2) is 0 Å². The van der Waals surface area contributed by atoms with E-state index in [0.717, 1.165) is 32.5 Å². The van der Waals surface area contributed by atoms with E-state index in [1.165, 1.54) is 103 Å². The molecule has 0 amide bonds. The van der Waals surface area contributed by atoms with Crippen LogP contribution in [0.25, 0.3) is 0 Å². The Morgan fingerprint density at radius 3 is 1.66 bits per heavy atom. The van der Waals surface area contributed by atoms with E-state index in [-0.39, 0.29) is 11.6 Å². The Morgan fingerprint density at radius 2 is 1.06 bits per heavy atom. The Balaban J connectivity index is 3.47. The van der Waals surface area contributed by atoms with Gasteiger partial charge in [0.25, 0.3) is 0 Å². The molecule has 0 aliphatic heterocycles. The van der Waals surface area contributed by atoms with Crippen molar-refractivity contribution in [2.45, 2.75) is 161 Å². The van der Waals surface area contributed by atoms with Gasteiger partial charge in [0.05, 0.1) is 18.2 Å². The maximum atomic E-state index is 6.36. The summed E-state index contributed by atoms with van der Waals surface area (Å²) in [6, 6.07) is -0.0725. The van der Waals surface area contributed by atoms with Crippen molar-refractivity contribution >= 4 is 0 Å². The monoisotopic (exact) mass is 493 g/mol. The minimum Gasteiger partial charge on any atom is -0.380 e. The fourth-order valence-corrected chi connectivity index (χ4v) is 4.10. The molecule has 0 rings (SSSR count). The minimum absolute atomic E-state index is 0.0725. The Labute approximate surface area is 220 Å². The third kappa shape index (κ3) is 24.8.